The van der Waals surface area contributed by atoms with Gasteiger partial charge in [0.2, 0.25) is 0 Å². The molecule has 3 nitrogen and oxygen atoms in total. The molecule has 0 atom stereocenters. The number of likely N-dealkylation sites (tertiary alicyclic amines) is 1. The summed E-state index contributed by atoms with van der Waals surface area (Å²) in [4.78, 5) is 2.35. The van der Waals surface area contributed by atoms with Crippen molar-refractivity contribution in [2.75, 3.05) is 27.2 Å². The van der Waals surface area contributed by atoms with Crippen LogP contribution in [0.1, 0.15) is 38.2 Å². The van der Waals surface area contributed by atoms with Crippen molar-refractivity contribution >= 4 is 0 Å². The fraction of sp³-hybridized carbons (Fsp3) is 0.625. The Balaban J connectivity index is 2.05. The summed E-state index contributed by atoms with van der Waals surface area (Å²) >= 11 is 0. The zero-order chi connectivity index (χ0) is 13.8. The molecule has 1 aromatic carbocycles. The van der Waals surface area contributed by atoms with Gasteiger partial charge in [-0.1, -0.05) is 19.9 Å². The van der Waals surface area contributed by atoms with E-state index in [9.17, 15) is 0 Å². The minimum absolute atomic E-state index is 0.339. The third-order valence-corrected chi connectivity index (χ3v) is 3.80. The number of hydrogen-bond donors (Lipinski definition) is 0. The highest BCUT2D eigenvalue weighted by molar-refractivity contribution is 5.42. The van der Waals surface area contributed by atoms with Crippen LogP contribution in [0.25, 0.3) is 0 Å². The van der Waals surface area contributed by atoms with Gasteiger partial charge in [0.25, 0.3) is 0 Å². The van der Waals surface area contributed by atoms with Gasteiger partial charge in [-0.15, -0.1) is 0 Å². The van der Waals surface area contributed by atoms with Crippen molar-refractivity contribution in [3.05, 3.63) is 23.8 Å². The second-order valence-electron chi connectivity index (χ2n) is 5.68. The lowest BCUT2D eigenvalue weighted by Crippen LogP contribution is -2.35. The summed E-state index contributed by atoms with van der Waals surface area (Å²) in [5.74, 6) is 2.32. The van der Waals surface area contributed by atoms with Crippen LogP contribution in [0.4, 0.5) is 0 Å². The van der Waals surface area contributed by atoms with Crippen LogP contribution in [0.3, 0.4) is 0 Å². The average Bonchev–Trinajstić information content (AvgIpc) is 2.41. The Morgan fingerprint density at radius 3 is 2.47 bits per heavy atom. The molecule has 1 aliphatic rings. The quantitative estimate of drug-likeness (QED) is 0.832. The van der Waals surface area contributed by atoms with E-state index >= 15 is 0 Å². The van der Waals surface area contributed by atoms with Gasteiger partial charge in [0, 0.05) is 19.2 Å². The number of hydrogen-bond acceptors (Lipinski definition) is 3. The number of ether oxygens (including phenoxy) is 2. The minimum Gasteiger partial charge on any atom is -0.496 e. The first-order valence-corrected chi connectivity index (χ1v) is 7.13. The summed E-state index contributed by atoms with van der Waals surface area (Å²) in [6.07, 6.45) is 2.54. The number of methoxy groups -OCH3 is 1. The van der Waals surface area contributed by atoms with Gasteiger partial charge in [0.05, 0.1) is 7.11 Å². The topological polar surface area (TPSA) is 21.7 Å². The van der Waals surface area contributed by atoms with Crippen LogP contribution in [0.5, 0.6) is 11.5 Å². The highest BCUT2D eigenvalue weighted by Gasteiger charge is 2.18. The van der Waals surface area contributed by atoms with Crippen LogP contribution in [-0.4, -0.2) is 38.3 Å². The van der Waals surface area contributed by atoms with Gasteiger partial charge in [-0.05, 0) is 37.4 Å². The van der Waals surface area contributed by atoms with Crippen molar-refractivity contribution in [3.8, 4) is 11.5 Å². The van der Waals surface area contributed by atoms with E-state index in [-0.39, 0.29) is 0 Å². The summed E-state index contributed by atoms with van der Waals surface area (Å²) < 4.78 is 11.5. The molecule has 0 aliphatic carbocycles. The lowest BCUT2D eigenvalue weighted by atomic mass is 10.0. The summed E-state index contributed by atoms with van der Waals surface area (Å²) in [6.45, 7) is 6.59. The van der Waals surface area contributed by atoms with Crippen LogP contribution in [0, 0.1) is 0 Å². The SMILES string of the molecule is COc1cc(OC2CCN(C)CC2)ccc1C(C)C. The molecule has 19 heavy (non-hydrogen) atoms. The molecular formula is C16H25NO2. The number of benzene rings is 1. The molecule has 106 valence electrons. The van der Waals surface area contributed by atoms with Gasteiger partial charge in [0.15, 0.2) is 0 Å². The van der Waals surface area contributed by atoms with E-state index in [0.717, 1.165) is 37.4 Å². The summed E-state index contributed by atoms with van der Waals surface area (Å²) in [5, 5.41) is 0. The van der Waals surface area contributed by atoms with Gasteiger partial charge in [-0.3, -0.25) is 0 Å². The predicted molar refractivity (Wildman–Crippen MR) is 78.2 cm³/mol. The van der Waals surface area contributed by atoms with Crippen molar-refractivity contribution in [2.24, 2.45) is 0 Å². The number of piperidine rings is 1. The first-order valence-electron chi connectivity index (χ1n) is 7.13. The fourth-order valence-corrected chi connectivity index (χ4v) is 2.54. The van der Waals surface area contributed by atoms with Crippen LogP contribution in [0.15, 0.2) is 18.2 Å². The predicted octanol–water partition coefficient (Wildman–Crippen LogP) is 3.29. The van der Waals surface area contributed by atoms with Crippen molar-refractivity contribution in [1.29, 1.82) is 0 Å². The first kappa shape index (κ1) is 14.2. The van der Waals surface area contributed by atoms with Gasteiger partial charge >= 0.3 is 0 Å². The molecule has 0 bridgehead atoms. The van der Waals surface area contributed by atoms with Crippen molar-refractivity contribution in [1.82, 2.24) is 4.90 Å². The Morgan fingerprint density at radius 1 is 1.21 bits per heavy atom. The average molecular weight is 263 g/mol. The summed E-state index contributed by atoms with van der Waals surface area (Å²) in [6, 6.07) is 6.21. The van der Waals surface area contributed by atoms with E-state index in [0.29, 0.717) is 12.0 Å². The van der Waals surface area contributed by atoms with Crippen LogP contribution >= 0.6 is 0 Å². The molecule has 0 spiro atoms. The second kappa shape index (κ2) is 6.29. The smallest absolute Gasteiger partial charge is 0.126 e. The Bertz CT molecular complexity index is 409. The number of nitrogens with zero attached hydrogens (tertiary/aromatic N) is 1. The lowest BCUT2D eigenvalue weighted by Gasteiger charge is -2.29. The standard InChI is InChI=1S/C16H25NO2/c1-12(2)15-6-5-14(11-16(15)18-4)19-13-7-9-17(3)10-8-13/h5-6,11-13H,7-10H2,1-4H3. The molecule has 2 rings (SSSR count). The Labute approximate surface area is 116 Å². The zero-order valence-corrected chi connectivity index (χ0v) is 12.5. The molecule has 0 saturated carbocycles. The molecule has 0 radical (unpaired) electrons. The highest BCUT2D eigenvalue weighted by atomic mass is 16.5. The second-order valence-corrected chi connectivity index (χ2v) is 5.68. The molecule has 0 N–H and O–H groups in total. The van der Waals surface area contributed by atoms with E-state index in [2.05, 4.69) is 37.9 Å². The van der Waals surface area contributed by atoms with Gasteiger partial charge in [-0.2, -0.15) is 0 Å². The van der Waals surface area contributed by atoms with Crippen LogP contribution < -0.4 is 9.47 Å². The Hall–Kier alpha value is -1.22. The molecule has 1 aromatic rings. The molecule has 1 saturated heterocycles. The molecule has 1 aliphatic heterocycles. The zero-order valence-electron chi connectivity index (χ0n) is 12.5. The van der Waals surface area contributed by atoms with Crippen molar-refractivity contribution in [2.45, 2.75) is 38.7 Å². The molecule has 1 heterocycles. The summed E-state index contributed by atoms with van der Waals surface area (Å²) in [5.41, 5.74) is 1.23. The largest absolute Gasteiger partial charge is 0.496 e. The van der Waals surface area contributed by atoms with Gasteiger partial charge < -0.3 is 14.4 Å². The van der Waals surface area contributed by atoms with Crippen LogP contribution in [-0.2, 0) is 0 Å². The van der Waals surface area contributed by atoms with E-state index < -0.39 is 0 Å². The maximum atomic E-state index is 6.07. The minimum atomic E-state index is 0.339. The molecule has 3 heteroatoms. The molecule has 0 unspecified atom stereocenters. The van der Waals surface area contributed by atoms with Crippen molar-refractivity contribution in [3.63, 3.8) is 0 Å². The van der Waals surface area contributed by atoms with E-state index in [1.54, 1.807) is 7.11 Å². The molecule has 0 amide bonds. The van der Waals surface area contributed by atoms with Gasteiger partial charge in [-0.25, -0.2) is 0 Å². The fourth-order valence-electron chi connectivity index (χ4n) is 2.54. The third-order valence-electron chi connectivity index (χ3n) is 3.80. The Kier molecular flexibility index (Phi) is 4.70. The number of rotatable bonds is 4. The highest BCUT2D eigenvalue weighted by Crippen LogP contribution is 2.31. The van der Waals surface area contributed by atoms with Crippen LogP contribution in [0.2, 0.25) is 0 Å². The van der Waals surface area contributed by atoms with E-state index in [1.807, 2.05) is 6.07 Å². The molecule has 0 aromatic heterocycles. The van der Waals surface area contributed by atoms with E-state index in [4.69, 9.17) is 9.47 Å². The van der Waals surface area contributed by atoms with Gasteiger partial charge in [0.1, 0.15) is 17.6 Å². The normalized spacial score (nSPS) is 17.7. The maximum Gasteiger partial charge on any atom is 0.126 e. The van der Waals surface area contributed by atoms with E-state index in [1.165, 1.54) is 5.56 Å². The lowest BCUT2D eigenvalue weighted by molar-refractivity contribution is 0.114. The molecule has 1 fully saturated rings. The monoisotopic (exact) mass is 263 g/mol. The molecular weight excluding hydrogens is 238 g/mol. The summed E-state index contributed by atoms with van der Waals surface area (Å²) in [7, 11) is 3.89. The Morgan fingerprint density at radius 2 is 1.89 bits per heavy atom. The maximum absolute atomic E-state index is 6.07. The third kappa shape index (κ3) is 3.63. The first-order chi connectivity index (χ1) is 9.10. The van der Waals surface area contributed by atoms with Crippen molar-refractivity contribution < 1.29 is 9.47 Å².